The zero-order valence-electron chi connectivity index (χ0n) is 14.4. The van der Waals surface area contributed by atoms with Crippen LogP contribution in [0.4, 0.5) is 17.1 Å². The monoisotopic (exact) mass is 325 g/mol. The second-order valence-electron chi connectivity index (χ2n) is 6.78. The molecule has 0 aliphatic rings. The van der Waals surface area contributed by atoms with Crippen molar-refractivity contribution >= 4 is 28.9 Å². The van der Waals surface area contributed by atoms with E-state index in [-0.39, 0.29) is 11.8 Å². The highest BCUT2D eigenvalue weighted by molar-refractivity contribution is 6.08. The Morgan fingerprint density at radius 2 is 1.67 bits per heavy atom. The molecule has 0 saturated carbocycles. The molecule has 0 heterocycles. The molecule has 2 amide bonds. The molecule has 24 heavy (non-hydrogen) atoms. The predicted molar refractivity (Wildman–Crippen MR) is 98.1 cm³/mol. The number of hydrogen-bond donors (Lipinski definition) is 3. The number of aryl methyl sites for hydroxylation is 1. The summed E-state index contributed by atoms with van der Waals surface area (Å²) in [5.74, 6) is -0.369. The summed E-state index contributed by atoms with van der Waals surface area (Å²) in [4.78, 5) is 24.5. The van der Waals surface area contributed by atoms with Crippen LogP contribution in [-0.4, -0.2) is 11.8 Å². The molecule has 2 rings (SSSR count). The summed E-state index contributed by atoms with van der Waals surface area (Å²) < 4.78 is 0. The minimum atomic E-state index is -0.496. The number of nitrogens with one attached hydrogen (secondary N) is 2. The maximum absolute atomic E-state index is 12.3. The summed E-state index contributed by atoms with van der Waals surface area (Å²) in [5, 5.41) is 5.71. The Morgan fingerprint density at radius 3 is 2.29 bits per heavy atom. The highest BCUT2D eigenvalue weighted by Gasteiger charge is 2.22. The molecule has 0 spiro atoms. The first kappa shape index (κ1) is 17.5. The van der Waals surface area contributed by atoms with Gasteiger partial charge < -0.3 is 16.4 Å². The molecular formula is C19H23N3O2. The van der Waals surface area contributed by atoms with Crippen molar-refractivity contribution in [2.45, 2.75) is 27.7 Å². The number of nitrogens with two attached hydrogens (primary N) is 1. The molecule has 0 radical (unpaired) electrons. The molecule has 126 valence electrons. The molecule has 0 fully saturated rings. The number of para-hydroxylation sites is 1. The van der Waals surface area contributed by atoms with E-state index in [1.165, 1.54) is 0 Å². The van der Waals surface area contributed by atoms with Gasteiger partial charge in [-0.3, -0.25) is 9.59 Å². The van der Waals surface area contributed by atoms with E-state index in [1.807, 2.05) is 33.8 Å². The van der Waals surface area contributed by atoms with E-state index in [0.29, 0.717) is 22.6 Å². The van der Waals surface area contributed by atoms with Crippen LogP contribution < -0.4 is 16.4 Å². The zero-order chi connectivity index (χ0) is 17.9. The van der Waals surface area contributed by atoms with Crippen LogP contribution in [0.1, 0.15) is 36.7 Å². The van der Waals surface area contributed by atoms with Gasteiger partial charge in [-0.05, 0) is 36.8 Å². The van der Waals surface area contributed by atoms with Gasteiger partial charge in [0.05, 0.1) is 5.56 Å². The van der Waals surface area contributed by atoms with E-state index >= 15 is 0 Å². The Morgan fingerprint density at radius 1 is 1.00 bits per heavy atom. The van der Waals surface area contributed by atoms with Crippen LogP contribution in [0, 0.1) is 12.3 Å². The molecular weight excluding hydrogens is 302 g/mol. The Balaban J connectivity index is 2.21. The molecule has 0 aliphatic carbocycles. The van der Waals surface area contributed by atoms with E-state index in [0.717, 1.165) is 5.56 Å². The van der Waals surface area contributed by atoms with Crippen LogP contribution in [-0.2, 0) is 4.79 Å². The van der Waals surface area contributed by atoms with Crippen molar-refractivity contribution in [1.82, 2.24) is 0 Å². The van der Waals surface area contributed by atoms with Gasteiger partial charge in [-0.2, -0.15) is 0 Å². The summed E-state index contributed by atoms with van der Waals surface area (Å²) in [5.41, 5.74) is 8.36. The van der Waals surface area contributed by atoms with Crippen molar-refractivity contribution in [2.24, 2.45) is 5.41 Å². The minimum Gasteiger partial charge on any atom is -0.398 e. The number of carbonyl (C=O) groups excluding carboxylic acids is 2. The van der Waals surface area contributed by atoms with Crippen LogP contribution in [0.2, 0.25) is 0 Å². The van der Waals surface area contributed by atoms with Gasteiger partial charge in [-0.15, -0.1) is 0 Å². The van der Waals surface area contributed by atoms with Crippen molar-refractivity contribution in [1.29, 1.82) is 0 Å². The average molecular weight is 325 g/mol. The molecule has 0 aliphatic heterocycles. The quantitative estimate of drug-likeness (QED) is 0.750. The summed E-state index contributed by atoms with van der Waals surface area (Å²) in [7, 11) is 0. The number of benzene rings is 2. The fourth-order valence-electron chi connectivity index (χ4n) is 2.05. The van der Waals surface area contributed by atoms with E-state index in [2.05, 4.69) is 10.6 Å². The van der Waals surface area contributed by atoms with Gasteiger partial charge in [0.2, 0.25) is 5.91 Å². The molecule has 0 unspecified atom stereocenters. The van der Waals surface area contributed by atoms with Gasteiger partial charge in [0.15, 0.2) is 0 Å². The molecule has 2 aromatic carbocycles. The molecule has 2 aromatic rings. The standard InChI is InChI=1S/C19H23N3O2/c1-12-9-10-13(11-16(12)22-18(24)19(2,3)4)21-17(23)14-7-5-6-8-15(14)20/h5-11H,20H2,1-4H3,(H,21,23)(H,22,24). The summed E-state index contributed by atoms with van der Waals surface area (Å²) in [6, 6.07) is 12.3. The Kier molecular flexibility index (Phi) is 4.93. The topological polar surface area (TPSA) is 84.2 Å². The van der Waals surface area contributed by atoms with Gasteiger partial charge in [0.1, 0.15) is 0 Å². The van der Waals surface area contributed by atoms with E-state index in [9.17, 15) is 9.59 Å². The van der Waals surface area contributed by atoms with Gasteiger partial charge >= 0.3 is 0 Å². The Bertz CT molecular complexity index is 776. The molecule has 0 atom stereocenters. The number of nitrogen functional groups attached to an aromatic ring is 1. The van der Waals surface area contributed by atoms with Crippen molar-refractivity contribution in [3.05, 3.63) is 53.6 Å². The molecule has 0 aromatic heterocycles. The van der Waals surface area contributed by atoms with Crippen molar-refractivity contribution in [2.75, 3.05) is 16.4 Å². The number of anilines is 3. The first-order chi connectivity index (χ1) is 11.2. The van der Waals surface area contributed by atoms with E-state index < -0.39 is 5.41 Å². The van der Waals surface area contributed by atoms with E-state index in [1.54, 1.807) is 36.4 Å². The first-order valence-electron chi connectivity index (χ1n) is 7.76. The van der Waals surface area contributed by atoms with Gasteiger partial charge in [-0.1, -0.05) is 39.0 Å². The lowest BCUT2D eigenvalue weighted by atomic mass is 9.95. The van der Waals surface area contributed by atoms with Crippen molar-refractivity contribution < 1.29 is 9.59 Å². The minimum absolute atomic E-state index is 0.0821. The lowest BCUT2D eigenvalue weighted by molar-refractivity contribution is -0.123. The Labute approximate surface area is 142 Å². The maximum atomic E-state index is 12.3. The van der Waals surface area contributed by atoms with Crippen molar-refractivity contribution in [3.63, 3.8) is 0 Å². The lowest BCUT2D eigenvalue weighted by Gasteiger charge is -2.19. The van der Waals surface area contributed by atoms with Gasteiger partial charge in [0, 0.05) is 22.5 Å². The van der Waals surface area contributed by atoms with Crippen LogP contribution in [0.3, 0.4) is 0 Å². The van der Waals surface area contributed by atoms with Crippen LogP contribution in [0.15, 0.2) is 42.5 Å². The van der Waals surface area contributed by atoms with Gasteiger partial charge in [-0.25, -0.2) is 0 Å². The molecule has 0 bridgehead atoms. The predicted octanol–water partition coefficient (Wildman–Crippen LogP) is 3.81. The SMILES string of the molecule is Cc1ccc(NC(=O)c2ccccc2N)cc1NC(=O)C(C)(C)C. The summed E-state index contributed by atoms with van der Waals surface area (Å²) >= 11 is 0. The average Bonchev–Trinajstić information content (AvgIpc) is 2.50. The van der Waals surface area contributed by atoms with E-state index in [4.69, 9.17) is 5.73 Å². The third-order valence-electron chi connectivity index (χ3n) is 3.63. The van der Waals surface area contributed by atoms with Crippen LogP contribution >= 0.6 is 0 Å². The van der Waals surface area contributed by atoms with Gasteiger partial charge in [0.25, 0.3) is 5.91 Å². The highest BCUT2D eigenvalue weighted by atomic mass is 16.2. The number of rotatable bonds is 3. The molecule has 5 heteroatoms. The molecule has 4 N–H and O–H groups in total. The number of amides is 2. The normalized spacial score (nSPS) is 11.0. The second-order valence-corrected chi connectivity index (χ2v) is 6.78. The largest absolute Gasteiger partial charge is 0.398 e. The number of carbonyl (C=O) groups is 2. The Hall–Kier alpha value is -2.82. The lowest BCUT2D eigenvalue weighted by Crippen LogP contribution is -2.28. The first-order valence-corrected chi connectivity index (χ1v) is 7.76. The third-order valence-corrected chi connectivity index (χ3v) is 3.63. The fraction of sp³-hybridized carbons (Fsp3) is 0.263. The second kappa shape index (κ2) is 6.74. The van der Waals surface area contributed by atoms with Crippen LogP contribution in [0.5, 0.6) is 0 Å². The smallest absolute Gasteiger partial charge is 0.257 e. The molecule has 0 saturated heterocycles. The van der Waals surface area contributed by atoms with Crippen molar-refractivity contribution in [3.8, 4) is 0 Å². The highest BCUT2D eigenvalue weighted by Crippen LogP contribution is 2.24. The zero-order valence-corrected chi connectivity index (χ0v) is 14.4. The molecule has 5 nitrogen and oxygen atoms in total. The summed E-state index contributed by atoms with van der Waals surface area (Å²) in [6.45, 7) is 7.45. The van der Waals surface area contributed by atoms with Crippen LogP contribution in [0.25, 0.3) is 0 Å². The summed E-state index contributed by atoms with van der Waals surface area (Å²) in [6.07, 6.45) is 0. The maximum Gasteiger partial charge on any atom is 0.257 e. The third kappa shape index (κ3) is 4.13. The fourth-order valence-corrected chi connectivity index (χ4v) is 2.05. The number of hydrogen-bond acceptors (Lipinski definition) is 3.